The second-order valence-corrected chi connectivity index (χ2v) is 1.14. The lowest BCUT2D eigenvalue weighted by Gasteiger charge is -1.71. The van der Waals surface area contributed by atoms with Gasteiger partial charge in [-0.25, -0.2) is 18.7 Å². The summed E-state index contributed by atoms with van der Waals surface area (Å²) in [5.74, 6) is 0. The summed E-state index contributed by atoms with van der Waals surface area (Å²) in [6.45, 7) is 0. The van der Waals surface area contributed by atoms with E-state index in [1.54, 1.807) is 0 Å². The van der Waals surface area contributed by atoms with Crippen LogP contribution in [0.25, 0.3) is 0 Å². The topological polar surface area (TPSA) is 60.4 Å². The largest absolute Gasteiger partial charge is 0.379 e. The molecular formula is C4H2O4. The Morgan fingerprint density at radius 1 is 1.00 bits per heavy atom. The molecule has 0 aliphatic rings. The summed E-state index contributed by atoms with van der Waals surface area (Å²) in [6, 6.07) is 1.98. The zero-order valence-electron chi connectivity index (χ0n) is 3.79. The van der Waals surface area contributed by atoms with E-state index in [0.717, 1.165) is 12.1 Å². The molecule has 1 rings (SSSR count). The van der Waals surface area contributed by atoms with Gasteiger partial charge >= 0.3 is 11.3 Å². The van der Waals surface area contributed by atoms with Gasteiger partial charge < -0.3 is 0 Å². The minimum absolute atomic E-state index is 0.662. The molecule has 4 nitrogen and oxygen atoms in total. The lowest BCUT2D eigenvalue weighted by atomic mass is 10.6. The summed E-state index contributed by atoms with van der Waals surface area (Å²) < 4.78 is 7.63. The molecule has 8 heavy (non-hydrogen) atoms. The van der Waals surface area contributed by atoms with Gasteiger partial charge in [-0.2, -0.15) is 0 Å². The Labute approximate surface area is 43.3 Å². The average molecular weight is 114 g/mol. The summed E-state index contributed by atoms with van der Waals surface area (Å²) in [6.07, 6.45) is 0. The highest BCUT2D eigenvalue weighted by molar-refractivity contribution is 4.78. The maximum atomic E-state index is 10.0. The summed E-state index contributed by atoms with van der Waals surface area (Å²) in [5, 5.41) is 0. The van der Waals surface area contributed by atoms with Crippen molar-refractivity contribution in [1.29, 1.82) is 0 Å². The third kappa shape index (κ3) is 0.841. The highest BCUT2D eigenvalue weighted by atomic mass is 17.0. The first-order valence-electron chi connectivity index (χ1n) is 1.89. The van der Waals surface area contributed by atoms with E-state index in [2.05, 4.69) is 9.15 Å². The normalized spacial score (nSPS) is 9.00. The van der Waals surface area contributed by atoms with Crippen LogP contribution >= 0.6 is 0 Å². The van der Waals surface area contributed by atoms with E-state index in [1.165, 1.54) is 0 Å². The third-order valence-electron chi connectivity index (χ3n) is 0.561. The van der Waals surface area contributed by atoms with Gasteiger partial charge in [0.15, 0.2) is 0 Å². The molecule has 0 N–H and O–H groups in total. The summed E-state index contributed by atoms with van der Waals surface area (Å²) >= 11 is 0. The summed E-state index contributed by atoms with van der Waals surface area (Å²) in [5.41, 5.74) is -1.32. The molecule has 0 saturated carbocycles. The Kier molecular flexibility index (Phi) is 0.997. The molecule has 1 aromatic rings. The molecule has 0 bridgehead atoms. The molecule has 0 radical (unpaired) electrons. The lowest BCUT2D eigenvalue weighted by molar-refractivity contribution is 0.0166. The van der Waals surface area contributed by atoms with Gasteiger partial charge in [0.2, 0.25) is 0 Å². The van der Waals surface area contributed by atoms with Crippen LogP contribution in [0.15, 0.2) is 30.9 Å². The molecule has 0 aromatic carbocycles. The van der Waals surface area contributed by atoms with Gasteiger partial charge in [-0.05, 0) is 0 Å². The van der Waals surface area contributed by atoms with Gasteiger partial charge in [-0.15, -0.1) is 0 Å². The van der Waals surface area contributed by atoms with Crippen molar-refractivity contribution in [1.82, 2.24) is 0 Å². The minimum atomic E-state index is -0.662. The molecule has 0 spiro atoms. The predicted octanol–water partition coefficient (Wildman–Crippen LogP) is -0.407. The van der Waals surface area contributed by atoms with Crippen LogP contribution in [0, 0.1) is 0 Å². The zero-order chi connectivity index (χ0) is 5.98. The van der Waals surface area contributed by atoms with Crippen LogP contribution in [0.2, 0.25) is 0 Å². The van der Waals surface area contributed by atoms with Crippen molar-refractivity contribution in [3.63, 3.8) is 0 Å². The maximum Gasteiger partial charge on any atom is 0.379 e. The number of rotatable bonds is 0. The van der Waals surface area contributed by atoms with E-state index >= 15 is 0 Å². The van der Waals surface area contributed by atoms with E-state index in [-0.39, 0.29) is 0 Å². The predicted molar refractivity (Wildman–Crippen MR) is 23.5 cm³/mol. The summed E-state index contributed by atoms with van der Waals surface area (Å²) in [7, 11) is 0. The van der Waals surface area contributed by atoms with Crippen molar-refractivity contribution >= 4 is 0 Å². The van der Waals surface area contributed by atoms with Crippen LogP contribution in [0.4, 0.5) is 0 Å². The average Bonchev–Trinajstić information content (AvgIpc) is 1.77. The molecule has 0 aliphatic heterocycles. The van der Waals surface area contributed by atoms with E-state index in [9.17, 15) is 9.59 Å². The van der Waals surface area contributed by atoms with Crippen molar-refractivity contribution in [2.45, 2.75) is 0 Å². The molecule has 0 atom stereocenters. The summed E-state index contributed by atoms with van der Waals surface area (Å²) in [4.78, 5) is 20.0. The molecule has 0 unspecified atom stereocenters. The number of hydrogen-bond acceptors (Lipinski definition) is 4. The maximum absolute atomic E-state index is 10.0. The fourth-order valence-corrected chi connectivity index (χ4v) is 0.274. The Hall–Kier alpha value is -1.32. The second kappa shape index (κ2) is 1.65. The van der Waals surface area contributed by atoms with Gasteiger partial charge in [0.05, 0.1) is 0 Å². The quantitative estimate of drug-likeness (QED) is 0.430. The Bertz CT molecular complexity index is 215. The Morgan fingerprint density at radius 3 is 1.62 bits per heavy atom. The highest BCUT2D eigenvalue weighted by Crippen LogP contribution is 1.62. The van der Waals surface area contributed by atoms with Crippen LogP contribution in [-0.2, 0) is 0 Å². The Balaban J connectivity index is 3.44. The molecule has 4 heteroatoms. The zero-order valence-corrected chi connectivity index (χ0v) is 3.79. The van der Waals surface area contributed by atoms with E-state index in [1.807, 2.05) is 0 Å². The molecule has 0 amide bonds. The molecule has 0 fully saturated rings. The fourth-order valence-electron chi connectivity index (χ4n) is 0.274. The van der Waals surface area contributed by atoms with E-state index in [0.29, 0.717) is 0 Å². The van der Waals surface area contributed by atoms with E-state index < -0.39 is 11.3 Å². The number of hydrogen-bond donors (Lipinski definition) is 0. The smallest absolute Gasteiger partial charge is 0.242 e. The van der Waals surface area contributed by atoms with Crippen molar-refractivity contribution < 1.29 is 9.15 Å². The van der Waals surface area contributed by atoms with Crippen LogP contribution in [-0.4, -0.2) is 0 Å². The molecule has 42 valence electrons. The SMILES string of the molecule is O=c1ccc(=O)oo1. The molecular weight excluding hydrogens is 112 g/mol. The van der Waals surface area contributed by atoms with Crippen LogP contribution in [0.1, 0.15) is 0 Å². The standard InChI is InChI=1S/C4H2O4/c5-3-1-2-4(6)8-7-3/h1-2H. The first-order valence-corrected chi connectivity index (χ1v) is 1.89. The van der Waals surface area contributed by atoms with Crippen LogP contribution < -0.4 is 11.3 Å². The van der Waals surface area contributed by atoms with Gasteiger partial charge in [0, 0.05) is 12.1 Å². The first kappa shape index (κ1) is 4.83. The van der Waals surface area contributed by atoms with Gasteiger partial charge in [-0.3, -0.25) is 0 Å². The monoisotopic (exact) mass is 114 g/mol. The second-order valence-electron chi connectivity index (χ2n) is 1.14. The molecule has 1 aromatic heterocycles. The molecule has 0 aliphatic carbocycles. The van der Waals surface area contributed by atoms with Crippen molar-refractivity contribution in [3.8, 4) is 0 Å². The van der Waals surface area contributed by atoms with Crippen LogP contribution in [0.3, 0.4) is 0 Å². The highest BCUT2D eigenvalue weighted by Gasteiger charge is 1.84. The van der Waals surface area contributed by atoms with Gasteiger partial charge in [-0.1, -0.05) is 0 Å². The van der Waals surface area contributed by atoms with Crippen molar-refractivity contribution in [3.05, 3.63) is 33.0 Å². The van der Waals surface area contributed by atoms with Crippen molar-refractivity contribution in [2.75, 3.05) is 0 Å². The fraction of sp³-hybridized carbons (Fsp3) is 0. The Morgan fingerprint density at radius 2 is 1.38 bits per heavy atom. The van der Waals surface area contributed by atoms with Crippen molar-refractivity contribution in [2.24, 2.45) is 0 Å². The molecule has 0 saturated heterocycles. The van der Waals surface area contributed by atoms with Crippen LogP contribution in [0.5, 0.6) is 0 Å². The van der Waals surface area contributed by atoms with E-state index in [4.69, 9.17) is 0 Å². The van der Waals surface area contributed by atoms with Gasteiger partial charge in [0.1, 0.15) is 0 Å². The lowest BCUT2D eigenvalue weighted by Crippen LogP contribution is -2.02. The molecule has 1 heterocycles. The first-order chi connectivity index (χ1) is 3.79. The minimum Gasteiger partial charge on any atom is -0.242 e. The van der Waals surface area contributed by atoms with Gasteiger partial charge in [0.25, 0.3) is 0 Å². The third-order valence-corrected chi connectivity index (χ3v) is 0.561.